The number of carbonyl (C=O) groups is 1. The van der Waals surface area contributed by atoms with E-state index in [0.29, 0.717) is 11.8 Å². The minimum absolute atomic E-state index is 0.150. The SMILES string of the molecule is O=C1O[C@@H]2C3[C@@H]2[C@@]13c1cccc(F)c1. The molecule has 3 heteroatoms. The van der Waals surface area contributed by atoms with Gasteiger partial charge in [0, 0.05) is 11.8 Å². The van der Waals surface area contributed by atoms with Crippen molar-refractivity contribution >= 4 is 5.97 Å². The van der Waals surface area contributed by atoms with Crippen molar-refractivity contribution in [3.8, 4) is 0 Å². The van der Waals surface area contributed by atoms with Crippen molar-refractivity contribution in [2.75, 3.05) is 0 Å². The van der Waals surface area contributed by atoms with Crippen LogP contribution in [0.1, 0.15) is 5.56 Å². The van der Waals surface area contributed by atoms with Gasteiger partial charge < -0.3 is 4.74 Å². The number of carbonyl (C=O) groups excluding carboxylic acids is 1. The summed E-state index contributed by atoms with van der Waals surface area (Å²) in [5, 5.41) is 0. The van der Waals surface area contributed by atoms with Crippen LogP contribution in [0.3, 0.4) is 0 Å². The van der Waals surface area contributed by atoms with Gasteiger partial charge in [-0.1, -0.05) is 12.1 Å². The van der Waals surface area contributed by atoms with Crippen LogP contribution >= 0.6 is 0 Å². The van der Waals surface area contributed by atoms with E-state index in [2.05, 4.69) is 0 Å². The zero-order valence-corrected chi connectivity index (χ0v) is 7.24. The van der Waals surface area contributed by atoms with Crippen LogP contribution < -0.4 is 0 Å². The molecule has 1 aromatic rings. The normalized spacial score (nSPS) is 45.8. The van der Waals surface area contributed by atoms with Crippen LogP contribution in [-0.2, 0) is 14.9 Å². The highest BCUT2D eigenvalue weighted by Crippen LogP contribution is 2.83. The van der Waals surface area contributed by atoms with Crippen molar-refractivity contribution in [3.05, 3.63) is 35.6 Å². The molecule has 4 aliphatic rings. The largest absolute Gasteiger partial charge is 0.461 e. The maximum Gasteiger partial charge on any atom is 0.317 e. The van der Waals surface area contributed by atoms with Gasteiger partial charge in [-0.25, -0.2) is 4.39 Å². The predicted octanol–water partition coefficient (Wildman–Crippen LogP) is 1.25. The van der Waals surface area contributed by atoms with Crippen LogP contribution in [0.2, 0.25) is 0 Å². The lowest BCUT2D eigenvalue weighted by Gasteiger charge is -2.10. The van der Waals surface area contributed by atoms with Gasteiger partial charge in [0.15, 0.2) is 0 Å². The Balaban J connectivity index is 1.87. The highest BCUT2D eigenvalue weighted by Gasteiger charge is 2.95. The number of hydrogen-bond donors (Lipinski definition) is 0. The van der Waals surface area contributed by atoms with E-state index in [0.717, 1.165) is 5.56 Å². The molecule has 2 saturated heterocycles. The van der Waals surface area contributed by atoms with Gasteiger partial charge in [0.1, 0.15) is 17.3 Å². The average molecular weight is 190 g/mol. The number of rotatable bonds is 1. The molecule has 5 rings (SSSR count). The monoisotopic (exact) mass is 190 g/mol. The second kappa shape index (κ2) is 1.72. The van der Waals surface area contributed by atoms with E-state index in [4.69, 9.17) is 4.74 Å². The quantitative estimate of drug-likeness (QED) is 0.623. The number of hydrogen-bond acceptors (Lipinski definition) is 2. The van der Waals surface area contributed by atoms with Crippen LogP contribution in [-0.4, -0.2) is 12.1 Å². The molecule has 0 radical (unpaired) electrons. The highest BCUT2D eigenvalue weighted by atomic mass is 19.1. The first kappa shape index (κ1) is 6.98. The minimum Gasteiger partial charge on any atom is -0.461 e. The summed E-state index contributed by atoms with van der Waals surface area (Å²) in [5.74, 6) is 0.288. The minimum atomic E-state index is -0.438. The van der Waals surface area contributed by atoms with E-state index in [1.807, 2.05) is 6.07 Å². The summed E-state index contributed by atoms with van der Waals surface area (Å²) in [5.41, 5.74) is 0.360. The molecule has 4 atom stereocenters. The molecule has 4 fully saturated rings. The predicted molar refractivity (Wildman–Crippen MR) is 44.9 cm³/mol. The van der Waals surface area contributed by atoms with Gasteiger partial charge in [0.2, 0.25) is 0 Å². The Morgan fingerprint density at radius 2 is 2.14 bits per heavy atom. The van der Waals surface area contributed by atoms with Gasteiger partial charge in [0.25, 0.3) is 0 Å². The molecule has 2 saturated carbocycles. The third-order valence-electron chi connectivity index (χ3n) is 3.78. The molecule has 1 aromatic carbocycles. The number of halogens is 1. The fourth-order valence-electron chi connectivity index (χ4n) is 3.01. The summed E-state index contributed by atoms with van der Waals surface area (Å²) in [6, 6.07) is 6.32. The summed E-state index contributed by atoms with van der Waals surface area (Å²) in [6.07, 6.45) is 0.158. The molecule has 2 aliphatic heterocycles. The summed E-state index contributed by atoms with van der Waals surface area (Å²) in [6.45, 7) is 0. The Hall–Kier alpha value is -1.38. The van der Waals surface area contributed by atoms with Crippen molar-refractivity contribution in [2.45, 2.75) is 11.5 Å². The first-order valence-electron chi connectivity index (χ1n) is 4.73. The number of benzene rings is 1. The first-order valence-corrected chi connectivity index (χ1v) is 4.73. The van der Waals surface area contributed by atoms with Gasteiger partial charge in [0.05, 0.1) is 0 Å². The van der Waals surface area contributed by atoms with Crippen molar-refractivity contribution in [1.82, 2.24) is 0 Å². The van der Waals surface area contributed by atoms with E-state index < -0.39 is 5.41 Å². The smallest absolute Gasteiger partial charge is 0.317 e. The Labute approximate surface area is 79.7 Å². The van der Waals surface area contributed by atoms with Crippen molar-refractivity contribution in [3.63, 3.8) is 0 Å². The van der Waals surface area contributed by atoms with E-state index in [-0.39, 0.29) is 17.9 Å². The van der Waals surface area contributed by atoms with Crippen molar-refractivity contribution in [2.24, 2.45) is 11.8 Å². The molecule has 1 unspecified atom stereocenters. The lowest BCUT2D eigenvalue weighted by atomic mass is 9.87. The van der Waals surface area contributed by atoms with Gasteiger partial charge in [-0.05, 0) is 17.7 Å². The Morgan fingerprint density at radius 3 is 2.71 bits per heavy atom. The first-order chi connectivity index (χ1) is 6.76. The van der Waals surface area contributed by atoms with Crippen LogP contribution in [0.15, 0.2) is 24.3 Å². The second-order valence-electron chi connectivity index (χ2n) is 4.30. The molecule has 2 bridgehead atoms. The molecule has 2 nitrogen and oxygen atoms in total. The molecule has 0 amide bonds. The topological polar surface area (TPSA) is 26.3 Å². The van der Waals surface area contributed by atoms with Crippen molar-refractivity contribution < 1.29 is 13.9 Å². The maximum atomic E-state index is 13.0. The number of fused-ring (bicyclic) bond motifs is 1. The lowest BCUT2D eigenvalue weighted by molar-refractivity contribution is -0.139. The van der Waals surface area contributed by atoms with Crippen LogP contribution in [0.25, 0.3) is 0 Å². The maximum absolute atomic E-state index is 13.0. The van der Waals surface area contributed by atoms with Crippen LogP contribution in [0, 0.1) is 17.7 Å². The average Bonchev–Trinajstić information content (AvgIpc) is 2.97. The lowest BCUT2D eigenvalue weighted by Crippen LogP contribution is -2.21. The van der Waals surface area contributed by atoms with Gasteiger partial charge in [-0.2, -0.15) is 0 Å². The zero-order valence-electron chi connectivity index (χ0n) is 7.24. The molecule has 70 valence electrons. The Morgan fingerprint density at radius 1 is 1.36 bits per heavy atom. The fourth-order valence-corrected chi connectivity index (χ4v) is 3.01. The third-order valence-corrected chi connectivity index (χ3v) is 3.78. The highest BCUT2D eigenvalue weighted by molar-refractivity contribution is 5.97. The molecular weight excluding hydrogens is 183 g/mol. The molecule has 0 spiro atoms. The summed E-state index contributed by atoms with van der Waals surface area (Å²) in [7, 11) is 0. The summed E-state index contributed by atoms with van der Waals surface area (Å²) < 4.78 is 18.1. The van der Waals surface area contributed by atoms with Crippen LogP contribution in [0.5, 0.6) is 0 Å². The molecule has 14 heavy (non-hydrogen) atoms. The van der Waals surface area contributed by atoms with E-state index >= 15 is 0 Å². The Bertz CT molecular complexity index is 458. The fraction of sp³-hybridized carbons (Fsp3) is 0.364. The molecule has 0 aromatic heterocycles. The number of ether oxygens (including phenoxy) is 1. The summed E-state index contributed by atoms with van der Waals surface area (Å²) in [4.78, 5) is 11.5. The molecule has 2 heterocycles. The standard InChI is InChI=1S/C11H7FO2/c12-6-3-1-2-5(4-6)11-7-8(11)9(7)14-10(11)13/h1-4,7-9H/t7-,8?,9-,11+/m0/s1. The van der Waals surface area contributed by atoms with E-state index in [1.165, 1.54) is 12.1 Å². The zero-order chi connectivity index (χ0) is 9.50. The van der Waals surface area contributed by atoms with Gasteiger partial charge >= 0.3 is 5.97 Å². The Kier molecular flexibility index (Phi) is 0.857. The van der Waals surface area contributed by atoms with Gasteiger partial charge in [-0.15, -0.1) is 0 Å². The number of esters is 1. The third kappa shape index (κ3) is 0.494. The molecule has 2 aliphatic carbocycles. The van der Waals surface area contributed by atoms with Gasteiger partial charge in [-0.3, -0.25) is 4.79 Å². The summed E-state index contributed by atoms with van der Waals surface area (Å²) >= 11 is 0. The van der Waals surface area contributed by atoms with E-state index in [9.17, 15) is 9.18 Å². The molecular formula is C11H7FO2. The molecule has 0 N–H and O–H groups in total. The second-order valence-corrected chi connectivity index (χ2v) is 4.30. The van der Waals surface area contributed by atoms with Crippen molar-refractivity contribution in [1.29, 1.82) is 0 Å². The van der Waals surface area contributed by atoms with E-state index in [1.54, 1.807) is 6.07 Å². The van der Waals surface area contributed by atoms with Crippen LogP contribution in [0.4, 0.5) is 4.39 Å².